The summed E-state index contributed by atoms with van der Waals surface area (Å²) in [5.41, 5.74) is 8.53. The van der Waals surface area contributed by atoms with E-state index >= 15 is 0 Å². The summed E-state index contributed by atoms with van der Waals surface area (Å²) in [6, 6.07) is 24.3. The first kappa shape index (κ1) is 24.3. The standard InChI is InChI=1S/C26H26N4O4S/c27-26(32)20-8-12-22(13-9-20)33-15-14-28-16-21(31)17-34-23-10-6-18(7-11-23)24-25(35-30-29-24)19-4-2-1-3-5-19/h1-13,21,28,31H,14-17H2,(H2,27,32). The van der Waals surface area contributed by atoms with Crippen molar-refractivity contribution in [2.24, 2.45) is 5.73 Å². The quantitative estimate of drug-likeness (QED) is 0.261. The van der Waals surface area contributed by atoms with Crippen LogP contribution in [0.2, 0.25) is 0 Å². The number of aromatic nitrogens is 2. The normalized spacial score (nSPS) is 11.7. The number of carbonyl (C=O) groups excluding carboxylic acids is 1. The Morgan fingerprint density at radius 2 is 1.63 bits per heavy atom. The maximum atomic E-state index is 11.1. The molecule has 4 N–H and O–H groups in total. The fraction of sp³-hybridized carbons (Fsp3) is 0.192. The first-order valence-corrected chi connectivity index (χ1v) is 11.9. The summed E-state index contributed by atoms with van der Waals surface area (Å²) in [6.45, 7) is 1.50. The van der Waals surface area contributed by atoms with Crippen LogP contribution in [0.5, 0.6) is 11.5 Å². The Morgan fingerprint density at radius 1 is 0.943 bits per heavy atom. The third-order valence-electron chi connectivity index (χ3n) is 5.16. The molecule has 4 aromatic rings. The van der Waals surface area contributed by atoms with Crippen LogP contribution < -0.4 is 20.5 Å². The molecule has 1 aromatic heterocycles. The minimum atomic E-state index is -0.669. The Balaban J connectivity index is 1.18. The van der Waals surface area contributed by atoms with Crippen molar-refractivity contribution < 1.29 is 19.4 Å². The number of ether oxygens (including phenoxy) is 2. The van der Waals surface area contributed by atoms with Gasteiger partial charge in [-0.25, -0.2) is 0 Å². The summed E-state index contributed by atoms with van der Waals surface area (Å²) in [6.07, 6.45) is -0.669. The monoisotopic (exact) mass is 490 g/mol. The second-order valence-electron chi connectivity index (χ2n) is 7.75. The highest BCUT2D eigenvalue weighted by molar-refractivity contribution is 7.09. The van der Waals surface area contributed by atoms with Crippen LogP contribution in [-0.4, -0.2) is 53.0 Å². The van der Waals surface area contributed by atoms with E-state index in [1.807, 2.05) is 54.6 Å². The van der Waals surface area contributed by atoms with Gasteiger partial charge in [-0.2, -0.15) is 0 Å². The third kappa shape index (κ3) is 6.86. The van der Waals surface area contributed by atoms with Gasteiger partial charge in [0.2, 0.25) is 5.91 Å². The fourth-order valence-electron chi connectivity index (χ4n) is 3.34. The number of carbonyl (C=O) groups is 1. The van der Waals surface area contributed by atoms with Crippen LogP contribution in [0.3, 0.4) is 0 Å². The van der Waals surface area contributed by atoms with Crippen LogP contribution in [0.1, 0.15) is 10.4 Å². The lowest BCUT2D eigenvalue weighted by Crippen LogP contribution is -2.33. The summed E-state index contributed by atoms with van der Waals surface area (Å²) in [4.78, 5) is 12.1. The molecule has 0 fully saturated rings. The van der Waals surface area contributed by atoms with E-state index in [0.29, 0.717) is 36.8 Å². The molecule has 0 saturated carbocycles. The second-order valence-corrected chi connectivity index (χ2v) is 8.50. The van der Waals surface area contributed by atoms with Gasteiger partial charge in [0.15, 0.2) is 0 Å². The van der Waals surface area contributed by atoms with Gasteiger partial charge in [0.1, 0.15) is 36.5 Å². The molecule has 1 atom stereocenters. The van der Waals surface area contributed by atoms with Gasteiger partial charge in [-0.1, -0.05) is 34.8 Å². The highest BCUT2D eigenvalue weighted by Crippen LogP contribution is 2.33. The van der Waals surface area contributed by atoms with E-state index in [1.165, 1.54) is 11.5 Å². The number of primary amides is 1. The van der Waals surface area contributed by atoms with Gasteiger partial charge >= 0.3 is 0 Å². The zero-order valence-corrected chi connectivity index (χ0v) is 19.8. The SMILES string of the molecule is NC(=O)c1ccc(OCCNCC(O)COc2ccc(-c3nnsc3-c3ccccc3)cc2)cc1. The smallest absolute Gasteiger partial charge is 0.248 e. The maximum absolute atomic E-state index is 11.1. The molecule has 8 nitrogen and oxygen atoms in total. The predicted octanol–water partition coefficient (Wildman–Crippen LogP) is 3.38. The van der Waals surface area contributed by atoms with Gasteiger partial charge in [0.25, 0.3) is 0 Å². The molecule has 180 valence electrons. The van der Waals surface area contributed by atoms with Crippen molar-refractivity contribution >= 4 is 17.4 Å². The molecule has 1 unspecified atom stereocenters. The second kappa shape index (κ2) is 12.1. The number of nitrogens with two attached hydrogens (primary N) is 1. The molecule has 4 rings (SSSR count). The first-order valence-electron chi connectivity index (χ1n) is 11.1. The van der Waals surface area contributed by atoms with Gasteiger partial charge in [-0.3, -0.25) is 4.79 Å². The minimum absolute atomic E-state index is 0.162. The Kier molecular flexibility index (Phi) is 8.39. The average molecular weight is 491 g/mol. The van der Waals surface area contributed by atoms with E-state index in [4.69, 9.17) is 15.2 Å². The minimum Gasteiger partial charge on any atom is -0.492 e. The van der Waals surface area contributed by atoms with Crippen LogP contribution in [0.25, 0.3) is 21.7 Å². The van der Waals surface area contributed by atoms with Gasteiger partial charge in [-0.05, 0) is 65.6 Å². The van der Waals surface area contributed by atoms with Crippen molar-refractivity contribution in [1.82, 2.24) is 14.9 Å². The number of rotatable bonds is 12. The number of hydrogen-bond acceptors (Lipinski definition) is 8. The van der Waals surface area contributed by atoms with Crippen molar-refractivity contribution in [3.8, 4) is 33.2 Å². The van der Waals surface area contributed by atoms with E-state index in [2.05, 4.69) is 14.9 Å². The number of hydrogen-bond donors (Lipinski definition) is 3. The molecule has 0 aliphatic heterocycles. The molecular weight excluding hydrogens is 464 g/mol. The van der Waals surface area contributed by atoms with Gasteiger partial charge in [0.05, 0.1) is 4.88 Å². The van der Waals surface area contributed by atoms with Gasteiger partial charge < -0.3 is 25.6 Å². The lowest BCUT2D eigenvalue weighted by molar-refractivity contribution is 0.1000. The average Bonchev–Trinajstić information content (AvgIpc) is 3.38. The molecule has 0 aliphatic rings. The molecule has 35 heavy (non-hydrogen) atoms. The van der Waals surface area contributed by atoms with E-state index in [9.17, 15) is 9.90 Å². The number of benzene rings is 3. The first-order chi connectivity index (χ1) is 17.1. The van der Waals surface area contributed by atoms with Crippen molar-refractivity contribution in [2.75, 3.05) is 26.3 Å². The van der Waals surface area contributed by atoms with Crippen molar-refractivity contribution in [2.45, 2.75) is 6.10 Å². The number of nitrogens with one attached hydrogen (secondary N) is 1. The number of aliphatic hydroxyl groups excluding tert-OH is 1. The molecule has 9 heteroatoms. The molecular formula is C26H26N4O4S. The molecule has 0 aliphatic carbocycles. The summed E-state index contributed by atoms with van der Waals surface area (Å²) in [5, 5.41) is 17.6. The van der Waals surface area contributed by atoms with Gasteiger partial charge in [-0.15, -0.1) is 5.10 Å². The summed E-state index contributed by atoms with van der Waals surface area (Å²) in [5.74, 6) is 0.841. The summed E-state index contributed by atoms with van der Waals surface area (Å²) in [7, 11) is 0. The molecule has 0 spiro atoms. The van der Waals surface area contributed by atoms with E-state index < -0.39 is 12.0 Å². The zero-order valence-electron chi connectivity index (χ0n) is 19.0. The summed E-state index contributed by atoms with van der Waals surface area (Å²) >= 11 is 1.37. The maximum Gasteiger partial charge on any atom is 0.248 e. The molecule has 1 amide bonds. The van der Waals surface area contributed by atoms with Crippen LogP contribution >= 0.6 is 11.5 Å². The summed E-state index contributed by atoms with van der Waals surface area (Å²) < 4.78 is 15.4. The molecule has 0 radical (unpaired) electrons. The number of amides is 1. The van der Waals surface area contributed by atoms with E-state index in [0.717, 1.165) is 21.7 Å². The lowest BCUT2D eigenvalue weighted by Gasteiger charge is -2.14. The Labute approximate surface area is 207 Å². The van der Waals surface area contributed by atoms with Crippen LogP contribution in [0.4, 0.5) is 0 Å². The van der Waals surface area contributed by atoms with Crippen LogP contribution in [0.15, 0.2) is 78.9 Å². The van der Waals surface area contributed by atoms with Crippen molar-refractivity contribution in [3.05, 3.63) is 84.4 Å². The predicted molar refractivity (Wildman–Crippen MR) is 136 cm³/mol. The van der Waals surface area contributed by atoms with Crippen LogP contribution in [0, 0.1) is 0 Å². The molecule has 1 heterocycles. The Hall–Kier alpha value is -3.79. The zero-order chi connectivity index (χ0) is 24.5. The van der Waals surface area contributed by atoms with Gasteiger partial charge in [0, 0.05) is 24.2 Å². The largest absolute Gasteiger partial charge is 0.492 e. The lowest BCUT2D eigenvalue weighted by atomic mass is 10.1. The molecule has 0 bridgehead atoms. The van der Waals surface area contributed by atoms with Crippen LogP contribution in [-0.2, 0) is 0 Å². The topological polar surface area (TPSA) is 120 Å². The highest BCUT2D eigenvalue weighted by atomic mass is 32.1. The number of nitrogens with zero attached hydrogens (tertiary/aromatic N) is 2. The van der Waals surface area contributed by atoms with E-state index in [-0.39, 0.29) is 6.61 Å². The van der Waals surface area contributed by atoms with E-state index in [1.54, 1.807) is 24.3 Å². The molecule has 3 aromatic carbocycles. The van der Waals surface area contributed by atoms with Crippen molar-refractivity contribution in [3.63, 3.8) is 0 Å². The highest BCUT2D eigenvalue weighted by Gasteiger charge is 2.13. The number of aliphatic hydroxyl groups is 1. The third-order valence-corrected chi connectivity index (χ3v) is 5.94. The van der Waals surface area contributed by atoms with Crippen molar-refractivity contribution in [1.29, 1.82) is 0 Å². The Bertz CT molecular complexity index is 1210. The fourth-order valence-corrected chi connectivity index (χ4v) is 4.03. The molecule has 0 saturated heterocycles. The Morgan fingerprint density at radius 3 is 2.34 bits per heavy atom.